The molecule has 0 bridgehead atoms. The third kappa shape index (κ3) is 3.13. The fourth-order valence-corrected chi connectivity index (χ4v) is 2.36. The SMILES string of the molecule is Cc1ccc(Cc2noc(-c3cc(Br)ccc3O)n2)cc1. The Hall–Kier alpha value is -2.14. The summed E-state index contributed by atoms with van der Waals surface area (Å²) in [6, 6.07) is 13.3. The average Bonchev–Trinajstić information content (AvgIpc) is 2.92. The number of phenols is 1. The molecule has 106 valence electrons. The van der Waals surface area contributed by atoms with Crippen molar-refractivity contribution >= 4 is 15.9 Å². The van der Waals surface area contributed by atoms with Crippen LogP contribution in [0.3, 0.4) is 0 Å². The molecule has 0 fully saturated rings. The van der Waals surface area contributed by atoms with Crippen LogP contribution in [0.15, 0.2) is 51.5 Å². The van der Waals surface area contributed by atoms with Gasteiger partial charge in [-0.2, -0.15) is 4.98 Å². The van der Waals surface area contributed by atoms with Gasteiger partial charge in [-0.25, -0.2) is 0 Å². The van der Waals surface area contributed by atoms with Gasteiger partial charge in [0.25, 0.3) is 5.89 Å². The van der Waals surface area contributed by atoms with E-state index in [0.29, 0.717) is 23.7 Å². The van der Waals surface area contributed by atoms with Crippen molar-refractivity contribution in [3.63, 3.8) is 0 Å². The second-order valence-corrected chi connectivity index (χ2v) is 5.76. The van der Waals surface area contributed by atoms with Crippen LogP contribution in [0, 0.1) is 6.92 Å². The van der Waals surface area contributed by atoms with Crippen molar-refractivity contribution in [2.24, 2.45) is 0 Å². The number of rotatable bonds is 3. The molecule has 3 aromatic rings. The molecule has 5 heteroatoms. The van der Waals surface area contributed by atoms with E-state index < -0.39 is 0 Å². The van der Waals surface area contributed by atoms with Crippen molar-refractivity contribution in [3.05, 3.63) is 63.9 Å². The molecule has 0 saturated carbocycles. The van der Waals surface area contributed by atoms with Crippen molar-refractivity contribution in [2.45, 2.75) is 13.3 Å². The van der Waals surface area contributed by atoms with Gasteiger partial charge in [0, 0.05) is 10.9 Å². The van der Waals surface area contributed by atoms with E-state index in [4.69, 9.17) is 4.52 Å². The largest absolute Gasteiger partial charge is 0.507 e. The number of nitrogens with zero attached hydrogens (tertiary/aromatic N) is 2. The third-order valence-corrected chi connectivity index (χ3v) is 3.63. The molecule has 1 N–H and O–H groups in total. The Morgan fingerprint density at radius 1 is 1.14 bits per heavy atom. The zero-order valence-electron chi connectivity index (χ0n) is 11.4. The first-order valence-electron chi connectivity index (χ1n) is 6.49. The smallest absolute Gasteiger partial charge is 0.261 e. The summed E-state index contributed by atoms with van der Waals surface area (Å²) in [4.78, 5) is 4.34. The van der Waals surface area contributed by atoms with E-state index in [1.54, 1.807) is 18.2 Å². The number of benzene rings is 2. The number of hydrogen-bond acceptors (Lipinski definition) is 4. The van der Waals surface area contributed by atoms with Gasteiger partial charge in [0.05, 0.1) is 5.56 Å². The first-order chi connectivity index (χ1) is 10.1. The lowest BCUT2D eigenvalue weighted by molar-refractivity contribution is 0.418. The van der Waals surface area contributed by atoms with Gasteiger partial charge in [-0.05, 0) is 30.7 Å². The number of aromatic hydroxyl groups is 1. The van der Waals surface area contributed by atoms with Gasteiger partial charge >= 0.3 is 0 Å². The van der Waals surface area contributed by atoms with Crippen molar-refractivity contribution < 1.29 is 9.63 Å². The highest BCUT2D eigenvalue weighted by Crippen LogP contribution is 2.30. The minimum atomic E-state index is 0.115. The molecule has 2 aromatic carbocycles. The fraction of sp³-hybridized carbons (Fsp3) is 0.125. The molecule has 0 atom stereocenters. The minimum Gasteiger partial charge on any atom is -0.507 e. The molecular weight excluding hydrogens is 332 g/mol. The zero-order chi connectivity index (χ0) is 14.8. The number of halogens is 1. The van der Waals surface area contributed by atoms with Gasteiger partial charge in [0.2, 0.25) is 0 Å². The van der Waals surface area contributed by atoms with E-state index in [2.05, 4.69) is 38.2 Å². The van der Waals surface area contributed by atoms with Crippen LogP contribution in [-0.2, 0) is 6.42 Å². The fourth-order valence-electron chi connectivity index (χ4n) is 2.00. The van der Waals surface area contributed by atoms with Gasteiger partial charge in [-0.15, -0.1) is 0 Å². The van der Waals surface area contributed by atoms with Crippen LogP contribution in [0.25, 0.3) is 11.5 Å². The Kier molecular flexibility index (Phi) is 3.75. The van der Waals surface area contributed by atoms with Crippen molar-refractivity contribution in [1.82, 2.24) is 10.1 Å². The highest BCUT2D eigenvalue weighted by atomic mass is 79.9. The molecular formula is C16H13BrN2O2. The lowest BCUT2D eigenvalue weighted by Gasteiger charge is -1.99. The molecule has 0 saturated heterocycles. The average molecular weight is 345 g/mol. The molecule has 1 aromatic heterocycles. The standard InChI is InChI=1S/C16H13BrN2O2/c1-10-2-4-11(5-3-10)8-15-18-16(21-19-15)13-9-12(17)6-7-14(13)20/h2-7,9,20H,8H2,1H3. The van der Waals surface area contributed by atoms with Crippen LogP contribution in [0.2, 0.25) is 0 Å². The highest BCUT2D eigenvalue weighted by Gasteiger charge is 2.13. The Morgan fingerprint density at radius 2 is 1.90 bits per heavy atom. The predicted octanol–water partition coefficient (Wildman–Crippen LogP) is 4.10. The molecule has 0 aliphatic rings. The van der Waals surface area contributed by atoms with Gasteiger partial charge in [-0.3, -0.25) is 0 Å². The summed E-state index contributed by atoms with van der Waals surface area (Å²) in [6.45, 7) is 2.05. The van der Waals surface area contributed by atoms with Crippen LogP contribution >= 0.6 is 15.9 Å². The molecule has 3 rings (SSSR count). The maximum Gasteiger partial charge on any atom is 0.261 e. The van der Waals surface area contributed by atoms with Gasteiger partial charge in [-0.1, -0.05) is 50.9 Å². The predicted molar refractivity (Wildman–Crippen MR) is 83.1 cm³/mol. The van der Waals surface area contributed by atoms with Crippen molar-refractivity contribution in [3.8, 4) is 17.2 Å². The number of aromatic nitrogens is 2. The second-order valence-electron chi connectivity index (χ2n) is 4.84. The van der Waals surface area contributed by atoms with Gasteiger partial charge < -0.3 is 9.63 Å². The molecule has 0 aliphatic heterocycles. The summed E-state index contributed by atoms with van der Waals surface area (Å²) in [6.07, 6.45) is 0.596. The number of aryl methyl sites for hydroxylation is 1. The van der Waals surface area contributed by atoms with Crippen LogP contribution in [0.1, 0.15) is 17.0 Å². The van der Waals surface area contributed by atoms with Crippen LogP contribution in [0.4, 0.5) is 0 Å². The molecule has 21 heavy (non-hydrogen) atoms. The molecule has 0 amide bonds. The van der Waals surface area contributed by atoms with Crippen molar-refractivity contribution in [1.29, 1.82) is 0 Å². The van der Waals surface area contributed by atoms with Gasteiger partial charge in [0.1, 0.15) is 5.75 Å². The monoisotopic (exact) mass is 344 g/mol. The van der Waals surface area contributed by atoms with Crippen LogP contribution in [-0.4, -0.2) is 15.2 Å². The molecule has 0 aliphatic carbocycles. The summed E-state index contributed by atoms with van der Waals surface area (Å²) >= 11 is 3.36. The Morgan fingerprint density at radius 3 is 2.67 bits per heavy atom. The summed E-state index contributed by atoms with van der Waals surface area (Å²) in [5, 5.41) is 13.8. The van der Waals surface area contributed by atoms with E-state index in [1.165, 1.54) is 5.56 Å². The quantitative estimate of drug-likeness (QED) is 0.776. The molecule has 0 spiro atoms. The Balaban J connectivity index is 1.86. The van der Waals surface area contributed by atoms with E-state index in [0.717, 1.165) is 10.0 Å². The van der Waals surface area contributed by atoms with E-state index >= 15 is 0 Å². The molecule has 0 radical (unpaired) electrons. The number of hydrogen-bond donors (Lipinski definition) is 1. The molecule has 1 heterocycles. The Bertz CT molecular complexity index is 766. The first-order valence-corrected chi connectivity index (χ1v) is 7.28. The maximum atomic E-state index is 9.87. The van der Waals surface area contributed by atoms with E-state index in [9.17, 15) is 5.11 Å². The topological polar surface area (TPSA) is 59.2 Å². The first kappa shape index (κ1) is 13.8. The Labute approximate surface area is 130 Å². The second kappa shape index (κ2) is 5.69. The summed E-state index contributed by atoms with van der Waals surface area (Å²) < 4.78 is 6.08. The van der Waals surface area contributed by atoms with Crippen LogP contribution in [0.5, 0.6) is 5.75 Å². The number of phenolic OH excluding ortho intramolecular Hbond substituents is 1. The van der Waals surface area contributed by atoms with Crippen molar-refractivity contribution in [2.75, 3.05) is 0 Å². The lowest BCUT2D eigenvalue weighted by Crippen LogP contribution is -1.91. The van der Waals surface area contributed by atoms with Crippen LogP contribution < -0.4 is 0 Å². The van der Waals surface area contributed by atoms with E-state index in [-0.39, 0.29) is 5.75 Å². The normalized spacial score (nSPS) is 10.8. The summed E-state index contributed by atoms with van der Waals surface area (Å²) in [5.74, 6) is 1.02. The lowest BCUT2D eigenvalue weighted by atomic mass is 10.1. The molecule has 4 nitrogen and oxygen atoms in total. The zero-order valence-corrected chi connectivity index (χ0v) is 13.0. The summed E-state index contributed by atoms with van der Waals surface area (Å²) in [5.41, 5.74) is 2.85. The minimum absolute atomic E-state index is 0.115. The highest BCUT2D eigenvalue weighted by molar-refractivity contribution is 9.10. The van der Waals surface area contributed by atoms with Gasteiger partial charge in [0.15, 0.2) is 5.82 Å². The maximum absolute atomic E-state index is 9.87. The molecule has 0 unspecified atom stereocenters. The summed E-state index contributed by atoms with van der Waals surface area (Å²) in [7, 11) is 0. The van der Waals surface area contributed by atoms with E-state index in [1.807, 2.05) is 19.1 Å². The third-order valence-electron chi connectivity index (χ3n) is 3.14.